The molecule has 1 aliphatic rings. The average Bonchev–Trinajstić information content (AvgIpc) is 2.50. The molecule has 0 amide bonds. The van der Waals surface area contributed by atoms with Gasteiger partial charge in [0.05, 0.1) is 12.5 Å². The Bertz CT molecular complexity index is 580. The van der Waals surface area contributed by atoms with Crippen LogP contribution in [0.2, 0.25) is 0 Å². The van der Waals surface area contributed by atoms with E-state index >= 15 is 0 Å². The number of hydrogen-bond donors (Lipinski definition) is 2. The number of hydrogen-bond acceptors (Lipinski definition) is 5. The van der Waals surface area contributed by atoms with Crippen LogP contribution in [-0.2, 0) is 4.79 Å². The van der Waals surface area contributed by atoms with Gasteiger partial charge < -0.3 is 10.0 Å². The molecule has 1 atom stereocenters. The van der Waals surface area contributed by atoms with Gasteiger partial charge >= 0.3 is 5.97 Å². The molecule has 1 aromatic carbocycles. The van der Waals surface area contributed by atoms with Gasteiger partial charge in [0.1, 0.15) is 0 Å². The predicted molar refractivity (Wildman–Crippen MR) is 88.5 cm³/mol. The Balaban J connectivity index is 2.11. The number of aliphatic carboxylic acids is 1. The molecule has 0 radical (unpaired) electrons. The third-order valence-electron chi connectivity index (χ3n) is 4.33. The Kier molecular flexibility index (Phi) is 5.87. The van der Waals surface area contributed by atoms with Crippen molar-refractivity contribution in [3.63, 3.8) is 0 Å². The summed E-state index contributed by atoms with van der Waals surface area (Å²) in [5, 5.41) is 11.1. The molecule has 1 saturated heterocycles. The zero-order valence-electron chi connectivity index (χ0n) is 14.0. The number of carboxylic acid groups (broad SMARTS) is 1. The molecule has 1 unspecified atom stereocenters. The fourth-order valence-electron chi connectivity index (χ4n) is 2.62. The summed E-state index contributed by atoms with van der Waals surface area (Å²) < 4.78 is 0. The molecule has 1 heterocycles. The number of carbonyl (C=O) groups excluding carboxylic acids is 1. The first kappa shape index (κ1) is 17.6. The maximum Gasteiger partial charge on any atom is 0.305 e. The van der Waals surface area contributed by atoms with E-state index in [9.17, 15) is 9.59 Å². The van der Waals surface area contributed by atoms with Crippen LogP contribution in [0.15, 0.2) is 18.2 Å². The first-order valence-corrected chi connectivity index (χ1v) is 7.89. The summed E-state index contributed by atoms with van der Waals surface area (Å²) in [6.45, 7) is 7.27. The minimum Gasteiger partial charge on any atom is -0.481 e. The van der Waals surface area contributed by atoms with E-state index in [1.165, 1.54) is 0 Å². The first-order chi connectivity index (χ1) is 10.9. The number of aryl methyl sites for hydroxylation is 2. The number of carboxylic acids is 1. The minimum atomic E-state index is -0.978. The van der Waals surface area contributed by atoms with Crippen LogP contribution < -0.4 is 5.43 Å². The van der Waals surface area contributed by atoms with Crippen molar-refractivity contribution in [1.82, 2.24) is 15.3 Å². The highest BCUT2D eigenvalue weighted by Gasteiger charge is 2.26. The lowest BCUT2D eigenvalue weighted by atomic mass is 9.98. The van der Waals surface area contributed by atoms with Crippen molar-refractivity contribution in [1.29, 1.82) is 0 Å². The number of carbonyl (C=O) groups is 2. The maximum atomic E-state index is 12.7. The number of piperazine rings is 1. The summed E-state index contributed by atoms with van der Waals surface area (Å²) in [7, 11) is 2.05. The Morgan fingerprint density at radius 1 is 1.17 bits per heavy atom. The second-order valence-corrected chi connectivity index (χ2v) is 6.23. The second kappa shape index (κ2) is 7.68. The standard InChI is InChI=1S/C17H25N3O3/c1-12-4-5-14(10-13(12)2)17(23)15(11-16(21)22)18-20-8-6-19(3)7-9-20/h4-5,10,15,18H,6-9,11H2,1-3H3,(H,21,22). The van der Waals surface area contributed by atoms with E-state index < -0.39 is 12.0 Å². The molecule has 6 heteroatoms. The molecule has 0 bridgehead atoms. The monoisotopic (exact) mass is 319 g/mol. The topological polar surface area (TPSA) is 72.9 Å². The summed E-state index contributed by atoms with van der Waals surface area (Å²) in [6, 6.07) is 4.76. The number of ketones is 1. The molecule has 126 valence electrons. The van der Waals surface area contributed by atoms with E-state index in [0.717, 1.165) is 37.3 Å². The Hall–Kier alpha value is -1.76. The van der Waals surface area contributed by atoms with Crippen molar-refractivity contribution < 1.29 is 14.7 Å². The molecule has 6 nitrogen and oxygen atoms in total. The highest BCUT2D eigenvalue weighted by atomic mass is 16.4. The van der Waals surface area contributed by atoms with E-state index in [2.05, 4.69) is 10.3 Å². The van der Waals surface area contributed by atoms with Crippen molar-refractivity contribution >= 4 is 11.8 Å². The highest BCUT2D eigenvalue weighted by molar-refractivity contribution is 6.01. The van der Waals surface area contributed by atoms with Gasteiger partial charge in [-0.1, -0.05) is 12.1 Å². The Morgan fingerprint density at radius 3 is 2.39 bits per heavy atom. The highest BCUT2D eigenvalue weighted by Crippen LogP contribution is 2.13. The normalized spacial score (nSPS) is 17.9. The maximum absolute atomic E-state index is 12.7. The molecule has 2 rings (SSSR count). The number of nitrogens with zero attached hydrogens (tertiary/aromatic N) is 2. The van der Waals surface area contributed by atoms with Gasteiger partial charge in [0, 0.05) is 31.7 Å². The number of likely N-dealkylation sites (N-methyl/N-ethyl adjacent to an activating group) is 1. The lowest BCUT2D eigenvalue weighted by Gasteiger charge is -2.34. The molecule has 0 spiro atoms. The van der Waals surface area contributed by atoms with E-state index in [1.807, 2.05) is 38.0 Å². The zero-order valence-corrected chi connectivity index (χ0v) is 14.0. The molecule has 0 aliphatic carbocycles. The number of benzene rings is 1. The largest absolute Gasteiger partial charge is 0.481 e. The lowest BCUT2D eigenvalue weighted by Crippen LogP contribution is -2.56. The summed E-state index contributed by atoms with van der Waals surface area (Å²) in [5.41, 5.74) is 5.82. The van der Waals surface area contributed by atoms with Gasteiger partial charge in [0.25, 0.3) is 0 Å². The fourth-order valence-corrected chi connectivity index (χ4v) is 2.62. The summed E-state index contributed by atoms with van der Waals surface area (Å²) in [6.07, 6.45) is -0.224. The van der Waals surface area contributed by atoms with E-state index in [0.29, 0.717) is 5.56 Å². The molecule has 1 aliphatic heterocycles. The second-order valence-electron chi connectivity index (χ2n) is 6.23. The molecule has 2 N–H and O–H groups in total. The van der Waals surface area contributed by atoms with Crippen molar-refractivity contribution in [2.75, 3.05) is 33.2 Å². The van der Waals surface area contributed by atoms with Crippen LogP contribution in [0.3, 0.4) is 0 Å². The van der Waals surface area contributed by atoms with Crippen LogP contribution in [0.25, 0.3) is 0 Å². The SMILES string of the molecule is Cc1ccc(C(=O)C(CC(=O)O)NN2CCN(C)CC2)cc1C. The van der Waals surface area contributed by atoms with Crippen LogP contribution in [0.5, 0.6) is 0 Å². The van der Waals surface area contributed by atoms with Gasteiger partial charge in [-0.25, -0.2) is 10.4 Å². The smallest absolute Gasteiger partial charge is 0.305 e. The van der Waals surface area contributed by atoms with Gasteiger partial charge in [-0.2, -0.15) is 0 Å². The number of rotatable bonds is 6. The average molecular weight is 319 g/mol. The first-order valence-electron chi connectivity index (χ1n) is 7.89. The third kappa shape index (κ3) is 4.86. The zero-order chi connectivity index (χ0) is 17.0. The molecule has 1 fully saturated rings. The fraction of sp³-hybridized carbons (Fsp3) is 0.529. The van der Waals surface area contributed by atoms with Gasteiger partial charge in [-0.3, -0.25) is 9.59 Å². The van der Waals surface area contributed by atoms with Crippen LogP contribution in [0.1, 0.15) is 27.9 Å². The summed E-state index contributed by atoms with van der Waals surface area (Å²) in [4.78, 5) is 26.1. The number of hydrazine groups is 1. The van der Waals surface area contributed by atoms with Crippen LogP contribution in [0, 0.1) is 13.8 Å². The predicted octanol–water partition coefficient (Wildman–Crippen LogP) is 1.08. The molecule has 1 aromatic rings. The van der Waals surface area contributed by atoms with E-state index in [4.69, 9.17) is 5.11 Å². The lowest BCUT2D eigenvalue weighted by molar-refractivity contribution is -0.137. The number of nitrogens with one attached hydrogen (secondary N) is 1. The van der Waals surface area contributed by atoms with Gasteiger partial charge in [-0.15, -0.1) is 0 Å². The van der Waals surface area contributed by atoms with Crippen LogP contribution in [0.4, 0.5) is 0 Å². The van der Waals surface area contributed by atoms with Gasteiger partial charge in [-0.05, 0) is 38.1 Å². The Morgan fingerprint density at radius 2 is 1.83 bits per heavy atom. The Labute approximate surface area is 137 Å². The molecule has 0 saturated carbocycles. The number of Topliss-reactive ketones (excluding diaryl/α,β-unsaturated/α-hetero) is 1. The minimum absolute atomic E-state index is 0.172. The molecule has 0 aromatic heterocycles. The summed E-state index contributed by atoms with van der Waals surface area (Å²) >= 11 is 0. The van der Waals surface area contributed by atoms with Crippen LogP contribution >= 0.6 is 0 Å². The van der Waals surface area contributed by atoms with E-state index in [1.54, 1.807) is 6.07 Å². The molecule has 23 heavy (non-hydrogen) atoms. The molecular weight excluding hydrogens is 294 g/mol. The van der Waals surface area contributed by atoms with Gasteiger partial charge in [0.15, 0.2) is 5.78 Å². The third-order valence-corrected chi connectivity index (χ3v) is 4.33. The quantitative estimate of drug-likeness (QED) is 0.765. The van der Waals surface area contributed by atoms with Crippen molar-refractivity contribution in [2.45, 2.75) is 26.3 Å². The summed E-state index contributed by atoms with van der Waals surface area (Å²) in [5.74, 6) is -1.15. The van der Waals surface area contributed by atoms with E-state index in [-0.39, 0.29) is 12.2 Å². The van der Waals surface area contributed by atoms with Gasteiger partial charge in [0.2, 0.25) is 0 Å². The van der Waals surface area contributed by atoms with Crippen molar-refractivity contribution in [2.24, 2.45) is 0 Å². The van der Waals surface area contributed by atoms with Crippen LogP contribution in [-0.4, -0.2) is 66.0 Å². The van der Waals surface area contributed by atoms with Crippen molar-refractivity contribution in [3.05, 3.63) is 34.9 Å². The van der Waals surface area contributed by atoms with Crippen molar-refractivity contribution in [3.8, 4) is 0 Å². The molecular formula is C17H25N3O3.